The highest BCUT2D eigenvalue weighted by molar-refractivity contribution is 7.07. The topological polar surface area (TPSA) is 117 Å². The number of fused-ring (bicyclic) bond motifs is 1. The number of nitrogens with two attached hydrogens (primary N) is 1. The quantitative estimate of drug-likeness (QED) is 0.556. The fourth-order valence-corrected chi connectivity index (χ4v) is 5.15. The molecule has 8 nitrogen and oxygen atoms in total. The maximum atomic E-state index is 13.4. The van der Waals surface area contributed by atoms with Crippen LogP contribution in [0, 0.1) is 11.3 Å². The van der Waals surface area contributed by atoms with Crippen LogP contribution in [0.5, 0.6) is 11.5 Å². The van der Waals surface area contributed by atoms with Gasteiger partial charge in [-0.1, -0.05) is 36.4 Å². The molecule has 2 aromatic carbocycles. The highest BCUT2D eigenvalue weighted by Gasteiger charge is 2.37. The number of benzene rings is 2. The number of methoxy groups -OCH3 is 3. The number of hydrogen-bond acceptors (Lipinski definition) is 8. The van der Waals surface area contributed by atoms with Gasteiger partial charge in [0, 0.05) is 11.1 Å². The summed E-state index contributed by atoms with van der Waals surface area (Å²) in [4.78, 5) is 26.4. The van der Waals surface area contributed by atoms with Gasteiger partial charge in [-0.05, 0) is 18.2 Å². The molecule has 1 aliphatic rings. The lowest BCUT2D eigenvalue weighted by molar-refractivity contribution is -0.134. The van der Waals surface area contributed by atoms with Crippen LogP contribution in [0.1, 0.15) is 17.0 Å². The number of rotatable bonds is 5. The zero-order valence-corrected chi connectivity index (χ0v) is 19.5. The Labute approximate surface area is 199 Å². The van der Waals surface area contributed by atoms with Crippen molar-refractivity contribution in [3.63, 3.8) is 0 Å². The SMILES string of the molecule is COC(=O)C1=c2sc(=Cc3ccccc3OC)c(=O)n2C(N)=C(C#N)C1c1ccccc1OC. The van der Waals surface area contributed by atoms with Crippen LogP contribution < -0.4 is 30.0 Å². The van der Waals surface area contributed by atoms with Gasteiger partial charge in [0.05, 0.1) is 49.0 Å². The summed E-state index contributed by atoms with van der Waals surface area (Å²) >= 11 is 1.09. The Morgan fingerprint density at radius 2 is 1.74 bits per heavy atom. The molecule has 0 bridgehead atoms. The first-order valence-electron chi connectivity index (χ1n) is 10.2. The Bertz CT molecular complexity index is 1540. The van der Waals surface area contributed by atoms with Crippen molar-refractivity contribution in [1.29, 1.82) is 5.26 Å². The summed E-state index contributed by atoms with van der Waals surface area (Å²) in [7, 11) is 4.29. The summed E-state index contributed by atoms with van der Waals surface area (Å²) < 4.78 is 17.8. The molecular formula is C25H21N3O5S. The van der Waals surface area contributed by atoms with Crippen LogP contribution in [0.3, 0.4) is 0 Å². The third-order valence-electron chi connectivity index (χ3n) is 5.55. The number of para-hydroxylation sites is 2. The van der Waals surface area contributed by atoms with E-state index in [1.54, 1.807) is 43.5 Å². The molecular weight excluding hydrogens is 454 g/mol. The lowest BCUT2D eigenvalue weighted by atomic mass is 9.83. The van der Waals surface area contributed by atoms with E-state index in [9.17, 15) is 14.9 Å². The Morgan fingerprint density at radius 1 is 1.09 bits per heavy atom. The van der Waals surface area contributed by atoms with Crippen molar-refractivity contribution in [1.82, 2.24) is 4.57 Å². The third kappa shape index (κ3) is 3.64. The second kappa shape index (κ2) is 9.29. The smallest absolute Gasteiger partial charge is 0.337 e. The van der Waals surface area contributed by atoms with E-state index in [1.807, 2.05) is 18.2 Å². The molecule has 1 aromatic heterocycles. The van der Waals surface area contributed by atoms with Gasteiger partial charge in [0.25, 0.3) is 5.56 Å². The molecule has 3 aromatic rings. The van der Waals surface area contributed by atoms with E-state index in [-0.39, 0.29) is 17.0 Å². The number of thiazole rings is 1. The van der Waals surface area contributed by atoms with Gasteiger partial charge in [-0.25, -0.2) is 4.79 Å². The van der Waals surface area contributed by atoms with Gasteiger partial charge in [0.1, 0.15) is 22.0 Å². The molecule has 2 heterocycles. The summed E-state index contributed by atoms with van der Waals surface area (Å²) in [6.45, 7) is 0. The predicted molar refractivity (Wildman–Crippen MR) is 129 cm³/mol. The van der Waals surface area contributed by atoms with Crippen LogP contribution in [-0.4, -0.2) is 31.9 Å². The van der Waals surface area contributed by atoms with Gasteiger partial charge < -0.3 is 19.9 Å². The monoisotopic (exact) mass is 475 g/mol. The Morgan fingerprint density at radius 3 is 2.38 bits per heavy atom. The number of hydrogen-bond donors (Lipinski definition) is 1. The molecule has 1 aliphatic heterocycles. The van der Waals surface area contributed by atoms with Crippen molar-refractivity contribution in [2.24, 2.45) is 5.73 Å². The molecule has 1 unspecified atom stereocenters. The van der Waals surface area contributed by atoms with E-state index >= 15 is 0 Å². The van der Waals surface area contributed by atoms with E-state index in [1.165, 1.54) is 18.8 Å². The largest absolute Gasteiger partial charge is 0.496 e. The van der Waals surface area contributed by atoms with E-state index in [0.717, 1.165) is 11.3 Å². The normalized spacial score (nSPS) is 15.5. The summed E-state index contributed by atoms with van der Waals surface area (Å²) in [6.07, 6.45) is 1.67. The highest BCUT2D eigenvalue weighted by Crippen LogP contribution is 2.40. The Hall–Kier alpha value is -4.29. The maximum Gasteiger partial charge on any atom is 0.337 e. The molecule has 0 amide bonds. The van der Waals surface area contributed by atoms with Gasteiger partial charge in [-0.3, -0.25) is 9.36 Å². The minimum atomic E-state index is -0.870. The average Bonchev–Trinajstić information content (AvgIpc) is 3.19. The van der Waals surface area contributed by atoms with Crippen LogP contribution in [0.15, 0.2) is 58.9 Å². The van der Waals surface area contributed by atoms with E-state index < -0.39 is 17.4 Å². The first kappa shape index (κ1) is 22.9. The van der Waals surface area contributed by atoms with E-state index in [4.69, 9.17) is 19.9 Å². The zero-order valence-electron chi connectivity index (χ0n) is 18.7. The molecule has 0 fully saturated rings. The number of nitriles is 1. The first-order valence-corrected chi connectivity index (χ1v) is 11.0. The molecule has 1 atom stereocenters. The summed E-state index contributed by atoms with van der Waals surface area (Å²) in [6, 6.07) is 16.4. The standard InChI is InChI=1S/C25H21N3O5S/c1-31-17-10-6-4-8-14(17)12-19-23(29)28-22(27)16(13-26)20(15-9-5-7-11-18(15)32-2)21(24(28)34-19)25(30)33-3/h4-12,20H,27H2,1-3H3. The molecule has 9 heteroatoms. The summed E-state index contributed by atoms with van der Waals surface area (Å²) in [5, 5.41) is 10.0. The molecule has 34 heavy (non-hydrogen) atoms. The third-order valence-corrected chi connectivity index (χ3v) is 6.66. The number of aromatic nitrogens is 1. The van der Waals surface area contributed by atoms with Crippen molar-refractivity contribution in [3.05, 3.63) is 84.8 Å². The van der Waals surface area contributed by atoms with Crippen LogP contribution in [0.2, 0.25) is 0 Å². The molecule has 0 saturated heterocycles. The number of esters is 1. The van der Waals surface area contributed by atoms with Gasteiger partial charge in [0.15, 0.2) is 0 Å². The van der Waals surface area contributed by atoms with Crippen LogP contribution in [0.4, 0.5) is 0 Å². The number of allylic oxidation sites excluding steroid dienone is 1. The molecule has 172 valence electrons. The van der Waals surface area contributed by atoms with Crippen LogP contribution in [-0.2, 0) is 9.53 Å². The van der Waals surface area contributed by atoms with Gasteiger partial charge >= 0.3 is 5.97 Å². The van der Waals surface area contributed by atoms with Crippen LogP contribution in [0.25, 0.3) is 17.5 Å². The van der Waals surface area contributed by atoms with Gasteiger partial charge in [-0.2, -0.15) is 5.26 Å². The Kier molecular flexibility index (Phi) is 6.25. The lowest BCUT2D eigenvalue weighted by Gasteiger charge is -2.25. The number of ether oxygens (including phenoxy) is 3. The molecule has 0 saturated carbocycles. The Balaban J connectivity index is 2.13. The van der Waals surface area contributed by atoms with Crippen molar-refractivity contribution >= 4 is 34.8 Å². The molecule has 0 radical (unpaired) electrons. The lowest BCUT2D eigenvalue weighted by Crippen LogP contribution is -2.40. The molecule has 2 N–H and O–H groups in total. The van der Waals surface area contributed by atoms with E-state index in [0.29, 0.717) is 31.8 Å². The van der Waals surface area contributed by atoms with Gasteiger partial charge in [-0.15, -0.1) is 11.3 Å². The van der Waals surface area contributed by atoms with Crippen molar-refractivity contribution < 1.29 is 19.0 Å². The molecule has 0 aliphatic carbocycles. The summed E-state index contributed by atoms with van der Waals surface area (Å²) in [5.41, 5.74) is 7.36. The average molecular weight is 476 g/mol. The van der Waals surface area contributed by atoms with Crippen molar-refractivity contribution in [3.8, 4) is 17.6 Å². The zero-order chi connectivity index (χ0) is 24.4. The maximum absolute atomic E-state index is 13.4. The fourth-order valence-electron chi connectivity index (χ4n) is 4.00. The molecule has 0 spiro atoms. The van der Waals surface area contributed by atoms with E-state index in [2.05, 4.69) is 6.07 Å². The first-order chi connectivity index (χ1) is 16.5. The van der Waals surface area contributed by atoms with Crippen molar-refractivity contribution in [2.45, 2.75) is 5.92 Å². The fraction of sp³-hybridized carbons (Fsp3) is 0.160. The van der Waals surface area contributed by atoms with Crippen molar-refractivity contribution in [2.75, 3.05) is 21.3 Å². The number of carbonyl (C=O) groups is 1. The summed E-state index contributed by atoms with van der Waals surface area (Å²) in [5.74, 6) is -0.520. The second-order valence-corrected chi connectivity index (χ2v) is 8.32. The second-order valence-electron chi connectivity index (χ2n) is 7.29. The predicted octanol–water partition coefficient (Wildman–Crippen LogP) is 1.53. The number of nitrogens with zero attached hydrogens (tertiary/aromatic N) is 2. The minimum Gasteiger partial charge on any atom is -0.496 e. The van der Waals surface area contributed by atoms with Gasteiger partial charge in [0.2, 0.25) is 0 Å². The minimum absolute atomic E-state index is 0.0398. The number of carbonyl (C=O) groups excluding carboxylic acids is 1. The van der Waals surface area contributed by atoms with Crippen LogP contribution >= 0.6 is 11.3 Å². The molecule has 4 rings (SSSR count). The highest BCUT2D eigenvalue weighted by atomic mass is 32.1.